The molecule has 0 aromatic carbocycles. The second kappa shape index (κ2) is 8.48. The minimum atomic E-state index is -0.112. The second-order valence-electron chi connectivity index (χ2n) is 3.17. The molecule has 0 saturated heterocycles. The topological polar surface area (TPSA) is 29.1 Å². The molecule has 0 fully saturated rings. The van der Waals surface area contributed by atoms with Gasteiger partial charge in [-0.15, -0.1) is 0 Å². The lowest BCUT2D eigenvalue weighted by Crippen LogP contribution is -2.22. The number of rotatable bonds is 5. The van der Waals surface area contributed by atoms with E-state index in [2.05, 4.69) is 11.9 Å². The lowest BCUT2D eigenvalue weighted by atomic mass is 10.2. The Balaban J connectivity index is 4.57. The molecule has 2 nitrogen and oxygen atoms in total. The molecule has 0 saturated carbocycles. The maximum atomic E-state index is 11.7. The highest BCUT2D eigenvalue weighted by Gasteiger charge is 2.03. The predicted molar refractivity (Wildman–Crippen MR) is 69.8 cm³/mol. The van der Waals surface area contributed by atoms with Gasteiger partial charge in [-0.1, -0.05) is 37.0 Å². The number of carbonyl (C=O) groups excluding carboxylic acids is 1. The second-order valence-corrected chi connectivity index (χ2v) is 3.17. The Hall–Kier alpha value is -1.83. The van der Waals surface area contributed by atoms with Crippen LogP contribution in [0.15, 0.2) is 60.4 Å². The Morgan fingerprint density at radius 3 is 2.44 bits per heavy atom. The van der Waals surface area contributed by atoms with E-state index in [1.807, 2.05) is 39.0 Å². The van der Waals surface area contributed by atoms with Crippen LogP contribution in [0, 0.1) is 0 Å². The normalized spacial score (nSPS) is 13.4. The van der Waals surface area contributed by atoms with E-state index in [9.17, 15) is 4.79 Å². The van der Waals surface area contributed by atoms with Gasteiger partial charge in [0.1, 0.15) is 0 Å². The summed E-state index contributed by atoms with van der Waals surface area (Å²) in [6.07, 6.45) is 12.6. The van der Waals surface area contributed by atoms with Gasteiger partial charge in [0, 0.05) is 11.3 Å². The average Bonchev–Trinajstić information content (AvgIpc) is 2.24. The molecule has 2 heteroatoms. The van der Waals surface area contributed by atoms with E-state index in [4.69, 9.17) is 0 Å². The number of amides is 1. The van der Waals surface area contributed by atoms with Crippen LogP contribution >= 0.6 is 0 Å². The van der Waals surface area contributed by atoms with Crippen LogP contribution in [0.5, 0.6) is 0 Å². The van der Waals surface area contributed by atoms with Gasteiger partial charge in [-0.3, -0.25) is 4.79 Å². The first kappa shape index (κ1) is 14.2. The Morgan fingerprint density at radius 1 is 1.25 bits per heavy atom. The summed E-state index contributed by atoms with van der Waals surface area (Å²) in [6, 6.07) is 0. The molecule has 0 rings (SSSR count). The van der Waals surface area contributed by atoms with Crippen molar-refractivity contribution >= 4 is 5.91 Å². The van der Waals surface area contributed by atoms with Crippen LogP contribution in [0.4, 0.5) is 0 Å². The first-order valence-corrected chi connectivity index (χ1v) is 5.22. The third-order valence-electron chi connectivity index (χ3n) is 1.83. The van der Waals surface area contributed by atoms with E-state index in [0.29, 0.717) is 5.57 Å². The van der Waals surface area contributed by atoms with Gasteiger partial charge in [-0.25, -0.2) is 0 Å². The Labute approximate surface area is 97.7 Å². The maximum absolute atomic E-state index is 11.7. The summed E-state index contributed by atoms with van der Waals surface area (Å²) >= 11 is 0. The zero-order valence-electron chi connectivity index (χ0n) is 10.2. The van der Waals surface area contributed by atoms with Crippen LogP contribution in [-0.2, 0) is 4.79 Å². The molecule has 1 N–H and O–H groups in total. The zero-order valence-corrected chi connectivity index (χ0v) is 10.2. The fourth-order valence-electron chi connectivity index (χ4n) is 1.04. The zero-order chi connectivity index (χ0) is 12.4. The minimum Gasteiger partial charge on any atom is -0.326 e. The SMILES string of the molecule is C=C/C=C(\C)NC(=O)C(/C=C\C=C/C)=C/C. The van der Waals surface area contributed by atoms with Gasteiger partial charge in [-0.05, 0) is 32.9 Å². The lowest BCUT2D eigenvalue weighted by molar-refractivity contribution is -0.116. The molecule has 1 amide bonds. The molecule has 0 bridgehead atoms. The lowest BCUT2D eigenvalue weighted by Gasteiger charge is -2.04. The first-order valence-electron chi connectivity index (χ1n) is 5.22. The summed E-state index contributed by atoms with van der Waals surface area (Å²) < 4.78 is 0. The molecule has 86 valence electrons. The monoisotopic (exact) mass is 217 g/mol. The minimum absolute atomic E-state index is 0.112. The van der Waals surface area contributed by atoms with Gasteiger partial charge < -0.3 is 5.32 Å². The molecule has 0 aliphatic heterocycles. The molecule has 0 aromatic rings. The average molecular weight is 217 g/mol. The highest BCUT2D eigenvalue weighted by molar-refractivity contribution is 5.97. The summed E-state index contributed by atoms with van der Waals surface area (Å²) in [4.78, 5) is 11.7. The Kier molecular flexibility index (Phi) is 7.51. The summed E-state index contributed by atoms with van der Waals surface area (Å²) in [5, 5.41) is 2.77. The van der Waals surface area contributed by atoms with Crippen LogP contribution in [0.25, 0.3) is 0 Å². The van der Waals surface area contributed by atoms with Crippen LogP contribution in [0.3, 0.4) is 0 Å². The van der Waals surface area contributed by atoms with Gasteiger partial charge in [-0.2, -0.15) is 0 Å². The molecular formula is C14H19NO. The number of hydrogen-bond donors (Lipinski definition) is 1. The van der Waals surface area contributed by atoms with Crippen LogP contribution in [0.2, 0.25) is 0 Å². The van der Waals surface area contributed by atoms with Crippen molar-refractivity contribution in [1.82, 2.24) is 5.32 Å². The van der Waals surface area contributed by atoms with Crippen molar-refractivity contribution in [3.05, 3.63) is 60.4 Å². The van der Waals surface area contributed by atoms with Gasteiger partial charge in [0.05, 0.1) is 0 Å². The standard InChI is InChI=1S/C14H19NO/c1-5-8-9-11-13(7-3)14(16)15-12(4)10-6-2/h5-11H,2H2,1,3-4H3,(H,15,16)/b8-5-,11-9-,12-10+,13-7+. The molecule has 0 spiro atoms. The van der Waals surface area contributed by atoms with Crippen molar-refractivity contribution in [1.29, 1.82) is 0 Å². The number of allylic oxidation sites excluding steroid dienone is 7. The van der Waals surface area contributed by atoms with E-state index in [1.54, 1.807) is 24.3 Å². The quantitative estimate of drug-likeness (QED) is 0.555. The van der Waals surface area contributed by atoms with E-state index < -0.39 is 0 Å². The summed E-state index contributed by atoms with van der Waals surface area (Å²) in [7, 11) is 0. The largest absolute Gasteiger partial charge is 0.326 e. The maximum Gasteiger partial charge on any atom is 0.255 e. The van der Waals surface area contributed by atoms with E-state index in [0.717, 1.165) is 5.70 Å². The van der Waals surface area contributed by atoms with Crippen molar-refractivity contribution in [3.63, 3.8) is 0 Å². The van der Waals surface area contributed by atoms with Crippen LogP contribution in [-0.4, -0.2) is 5.91 Å². The van der Waals surface area contributed by atoms with E-state index in [1.165, 1.54) is 0 Å². The molecular weight excluding hydrogens is 198 g/mol. The summed E-state index contributed by atoms with van der Waals surface area (Å²) in [6.45, 7) is 9.15. The summed E-state index contributed by atoms with van der Waals surface area (Å²) in [5.41, 5.74) is 1.41. The van der Waals surface area contributed by atoms with Crippen molar-refractivity contribution in [2.75, 3.05) is 0 Å². The molecule has 0 aliphatic carbocycles. The molecule has 0 aliphatic rings. The molecule has 0 unspecified atom stereocenters. The van der Waals surface area contributed by atoms with E-state index in [-0.39, 0.29) is 5.91 Å². The molecule has 16 heavy (non-hydrogen) atoms. The van der Waals surface area contributed by atoms with Crippen molar-refractivity contribution in [3.8, 4) is 0 Å². The molecule has 0 atom stereocenters. The number of carbonyl (C=O) groups is 1. The number of hydrogen-bond acceptors (Lipinski definition) is 1. The third kappa shape index (κ3) is 5.81. The highest BCUT2D eigenvalue weighted by atomic mass is 16.1. The van der Waals surface area contributed by atoms with Gasteiger partial charge >= 0.3 is 0 Å². The molecule has 0 aromatic heterocycles. The van der Waals surface area contributed by atoms with Gasteiger partial charge in [0.15, 0.2) is 0 Å². The van der Waals surface area contributed by atoms with Crippen LogP contribution in [0.1, 0.15) is 20.8 Å². The van der Waals surface area contributed by atoms with Crippen LogP contribution < -0.4 is 5.32 Å². The van der Waals surface area contributed by atoms with Crippen molar-refractivity contribution in [2.24, 2.45) is 0 Å². The van der Waals surface area contributed by atoms with E-state index >= 15 is 0 Å². The fraction of sp³-hybridized carbons (Fsp3) is 0.214. The number of nitrogens with one attached hydrogen (secondary N) is 1. The molecule has 0 heterocycles. The predicted octanol–water partition coefficient (Wildman–Crippen LogP) is 3.27. The smallest absolute Gasteiger partial charge is 0.255 e. The molecule has 0 radical (unpaired) electrons. The summed E-state index contributed by atoms with van der Waals surface area (Å²) in [5.74, 6) is -0.112. The van der Waals surface area contributed by atoms with Gasteiger partial charge in [0.25, 0.3) is 5.91 Å². The van der Waals surface area contributed by atoms with Crippen molar-refractivity contribution < 1.29 is 4.79 Å². The van der Waals surface area contributed by atoms with Crippen molar-refractivity contribution in [2.45, 2.75) is 20.8 Å². The Morgan fingerprint density at radius 2 is 1.94 bits per heavy atom. The third-order valence-corrected chi connectivity index (χ3v) is 1.83. The van der Waals surface area contributed by atoms with Gasteiger partial charge in [0.2, 0.25) is 0 Å². The first-order chi connectivity index (χ1) is 7.65. The highest BCUT2D eigenvalue weighted by Crippen LogP contribution is 1.99. The fourth-order valence-corrected chi connectivity index (χ4v) is 1.04. The Bertz CT molecular complexity index is 357.